The number of halogens is 1. The molecule has 0 spiro atoms. The first kappa shape index (κ1) is 14.2. The standard InChI is InChI=1S/C16H17FN2O/c1-11-5-6-14(10-15(11)17)19-16(20)13-4-2-3-12(9-13)7-8-18/h2-6,9-10H,7-8,18H2,1H3,(H,19,20). The van der Waals surface area contributed by atoms with E-state index in [0.717, 1.165) is 12.0 Å². The maximum atomic E-state index is 13.4. The minimum absolute atomic E-state index is 0.257. The van der Waals surface area contributed by atoms with Gasteiger partial charge in [-0.25, -0.2) is 4.39 Å². The van der Waals surface area contributed by atoms with Gasteiger partial charge in [-0.05, 0) is 55.3 Å². The Morgan fingerprint density at radius 2 is 2.05 bits per heavy atom. The first-order valence-corrected chi connectivity index (χ1v) is 6.46. The summed E-state index contributed by atoms with van der Waals surface area (Å²) in [6.45, 7) is 2.21. The molecule has 1 amide bonds. The van der Waals surface area contributed by atoms with Crippen LogP contribution in [0.5, 0.6) is 0 Å². The highest BCUT2D eigenvalue weighted by Crippen LogP contribution is 2.15. The summed E-state index contributed by atoms with van der Waals surface area (Å²) in [4.78, 5) is 12.1. The second-order valence-electron chi connectivity index (χ2n) is 4.66. The number of carbonyl (C=O) groups is 1. The van der Waals surface area contributed by atoms with Crippen LogP contribution in [0.25, 0.3) is 0 Å². The maximum absolute atomic E-state index is 13.4. The van der Waals surface area contributed by atoms with Crippen molar-refractivity contribution in [3.63, 3.8) is 0 Å². The van der Waals surface area contributed by atoms with Gasteiger partial charge in [0.05, 0.1) is 0 Å². The summed E-state index contributed by atoms with van der Waals surface area (Å²) in [5.41, 5.74) is 8.04. The van der Waals surface area contributed by atoms with Crippen LogP contribution in [0.2, 0.25) is 0 Å². The molecule has 0 unspecified atom stereocenters. The van der Waals surface area contributed by atoms with Crippen LogP contribution in [0.3, 0.4) is 0 Å². The predicted octanol–water partition coefficient (Wildman–Crippen LogP) is 2.89. The third-order valence-electron chi connectivity index (χ3n) is 3.05. The lowest BCUT2D eigenvalue weighted by Crippen LogP contribution is -2.13. The van der Waals surface area contributed by atoms with E-state index >= 15 is 0 Å². The van der Waals surface area contributed by atoms with Gasteiger partial charge in [-0.1, -0.05) is 18.2 Å². The number of benzene rings is 2. The van der Waals surface area contributed by atoms with Gasteiger partial charge in [0.15, 0.2) is 0 Å². The second-order valence-corrected chi connectivity index (χ2v) is 4.66. The zero-order valence-electron chi connectivity index (χ0n) is 11.3. The normalized spacial score (nSPS) is 10.3. The average Bonchev–Trinajstić information content (AvgIpc) is 2.43. The van der Waals surface area contributed by atoms with Crippen LogP contribution >= 0.6 is 0 Å². The molecule has 0 radical (unpaired) electrons. The third kappa shape index (κ3) is 3.42. The Morgan fingerprint density at radius 1 is 1.25 bits per heavy atom. The lowest BCUT2D eigenvalue weighted by molar-refractivity contribution is 0.102. The van der Waals surface area contributed by atoms with E-state index in [4.69, 9.17) is 5.73 Å². The molecule has 0 fully saturated rings. The maximum Gasteiger partial charge on any atom is 0.255 e. The monoisotopic (exact) mass is 272 g/mol. The van der Waals surface area contributed by atoms with Gasteiger partial charge in [0.2, 0.25) is 0 Å². The summed E-state index contributed by atoms with van der Waals surface area (Å²) < 4.78 is 13.4. The molecule has 20 heavy (non-hydrogen) atoms. The van der Waals surface area contributed by atoms with Gasteiger partial charge in [-0.15, -0.1) is 0 Å². The van der Waals surface area contributed by atoms with E-state index in [2.05, 4.69) is 5.32 Å². The number of anilines is 1. The summed E-state index contributed by atoms with van der Waals surface area (Å²) >= 11 is 0. The van der Waals surface area contributed by atoms with Crippen molar-refractivity contribution in [3.05, 3.63) is 65.0 Å². The summed E-state index contributed by atoms with van der Waals surface area (Å²) in [7, 11) is 0. The molecule has 4 heteroatoms. The summed E-state index contributed by atoms with van der Waals surface area (Å²) in [5, 5.41) is 2.69. The molecular formula is C16H17FN2O. The molecule has 0 saturated heterocycles. The van der Waals surface area contributed by atoms with E-state index in [1.165, 1.54) is 6.07 Å². The van der Waals surface area contributed by atoms with Crippen LogP contribution < -0.4 is 11.1 Å². The number of amides is 1. The van der Waals surface area contributed by atoms with Crippen LogP contribution in [0.15, 0.2) is 42.5 Å². The van der Waals surface area contributed by atoms with Crippen molar-refractivity contribution < 1.29 is 9.18 Å². The van der Waals surface area contributed by atoms with Gasteiger partial charge in [-0.3, -0.25) is 4.79 Å². The number of hydrogen-bond donors (Lipinski definition) is 2. The van der Waals surface area contributed by atoms with E-state index < -0.39 is 0 Å². The molecule has 2 aromatic carbocycles. The van der Waals surface area contributed by atoms with E-state index in [0.29, 0.717) is 23.4 Å². The number of nitrogens with two attached hydrogens (primary N) is 1. The van der Waals surface area contributed by atoms with Crippen molar-refractivity contribution in [1.29, 1.82) is 0 Å². The molecule has 0 bridgehead atoms. The Morgan fingerprint density at radius 3 is 2.75 bits per heavy atom. The van der Waals surface area contributed by atoms with Crippen molar-refractivity contribution >= 4 is 11.6 Å². The molecule has 0 aliphatic heterocycles. The molecule has 2 rings (SSSR count). The van der Waals surface area contributed by atoms with Crippen molar-refractivity contribution in [2.75, 3.05) is 11.9 Å². The fourth-order valence-corrected chi connectivity index (χ4v) is 1.91. The van der Waals surface area contributed by atoms with Gasteiger partial charge < -0.3 is 11.1 Å². The highest BCUT2D eigenvalue weighted by atomic mass is 19.1. The van der Waals surface area contributed by atoms with Crippen LogP contribution in [0.4, 0.5) is 10.1 Å². The fraction of sp³-hybridized carbons (Fsp3) is 0.188. The zero-order valence-corrected chi connectivity index (χ0v) is 11.3. The van der Waals surface area contributed by atoms with Crippen molar-refractivity contribution in [2.24, 2.45) is 5.73 Å². The van der Waals surface area contributed by atoms with E-state index in [-0.39, 0.29) is 11.7 Å². The van der Waals surface area contributed by atoms with Gasteiger partial charge in [-0.2, -0.15) is 0 Å². The molecule has 104 valence electrons. The van der Waals surface area contributed by atoms with E-state index in [1.54, 1.807) is 31.2 Å². The van der Waals surface area contributed by atoms with Crippen molar-refractivity contribution in [3.8, 4) is 0 Å². The molecule has 0 saturated carbocycles. The van der Waals surface area contributed by atoms with Crippen LogP contribution in [0.1, 0.15) is 21.5 Å². The molecule has 0 aromatic heterocycles. The summed E-state index contributed by atoms with van der Waals surface area (Å²) in [6, 6.07) is 11.9. The van der Waals surface area contributed by atoms with E-state index in [9.17, 15) is 9.18 Å². The number of hydrogen-bond acceptors (Lipinski definition) is 2. The number of rotatable bonds is 4. The summed E-state index contributed by atoms with van der Waals surface area (Å²) in [6.07, 6.45) is 0.722. The molecular weight excluding hydrogens is 255 g/mol. The molecule has 3 N–H and O–H groups in total. The molecule has 3 nitrogen and oxygen atoms in total. The summed E-state index contributed by atoms with van der Waals surface area (Å²) in [5.74, 6) is -0.591. The Kier molecular flexibility index (Phi) is 4.48. The lowest BCUT2D eigenvalue weighted by Gasteiger charge is -2.07. The second kappa shape index (κ2) is 6.30. The van der Waals surface area contributed by atoms with Crippen molar-refractivity contribution in [2.45, 2.75) is 13.3 Å². The first-order valence-electron chi connectivity index (χ1n) is 6.46. The predicted molar refractivity (Wildman–Crippen MR) is 78.3 cm³/mol. The fourth-order valence-electron chi connectivity index (χ4n) is 1.91. The Balaban J connectivity index is 2.15. The van der Waals surface area contributed by atoms with Crippen LogP contribution in [-0.2, 0) is 6.42 Å². The topological polar surface area (TPSA) is 55.1 Å². The van der Waals surface area contributed by atoms with Gasteiger partial charge >= 0.3 is 0 Å². The minimum atomic E-state index is -0.334. The minimum Gasteiger partial charge on any atom is -0.330 e. The van der Waals surface area contributed by atoms with Crippen molar-refractivity contribution in [1.82, 2.24) is 0 Å². The van der Waals surface area contributed by atoms with Crippen LogP contribution in [0, 0.1) is 12.7 Å². The number of nitrogens with one attached hydrogen (secondary N) is 1. The van der Waals surface area contributed by atoms with Gasteiger partial charge in [0.1, 0.15) is 5.82 Å². The molecule has 0 aliphatic rings. The Labute approximate surface area is 117 Å². The average molecular weight is 272 g/mol. The molecule has 2 aromatic rings. The van der Waals surface area contributed by atoms with Gasteiger partial charge in [0.25, 0.3) is 5.91 Å². The smallest absolute Gasteiger partial charge is 0.255 e. The highest BCUT2D eigenvalue weighted by molar-refractivity contribution is 6.04. The SMILES string of the molecule is Cc1ccc(NC(=O)c2cccc(CCN)c2)cc1F. The van der Waals surface area contributed by atoms with Crippen LogP contribution in [-0.4, -0.2) is 12.5 Å². The Bertz CT molecular complexity index is 626. The molecule has 0 aliphatic carbocycles. The van der Waals surface area contributed by atoms with E-state index in [1.807, 2.05) is 12.1 Å². The number of carbonyl (C=O) groups excluding carboxylic acids is 1. The molecule has 0 heterocycles. The Hall–Kier alpha value is -2.20. The largest absolute Gasteiger partial charge is 0.330 e. The first-order chi connectivity index (χ1) is 9.60. The van der Waals surface area contributed by atoms with Gasteiger partial charge in [0, 0.05) is 11.3 Å². The lowest BCUT2D eigenvalue weighted by atomic mass is 10.1. The molecule has 0 atom stereocenters. The highest BCUT2D eigenvalue weighted by Gasteiger charge is 2.08. The third-order valence-corrected chi connectivity index (χ3v) is 3.05. The zero-order chi connectivity index (χ0) is 14.5. The number of aryl methyl sites for hydroxylation is 1. The quantitative estimate of drug-likeness (QED) is 0.899.